The van der Waals surface area contributed by atoms with E-state index in [1.165, 1.54) is 6.20 Å². The summed E-state index contributed by atoms with van der Waals surface area (Å²) in [7, 11) is 1.56. The smallest absolute Gasteiger partial charge is 0.341 e. The van der Waals surface area contributed by atoms with Crippen LogP contribution in [0.2, 0.25) is 0 Å². The Hall–Kier alpha value is -2.77. The number of aromatic nitrogens is 1. The third kappa shape index (κ3) is 3.09. The van der Waals surface area contributed by atoms with E-state index >= 15 is 0 Å². The fourth-order valence-corrected chi connectivity index (χ4v) is 4.33. The normalized spacial score (nSPS) is 18.0. The number of carboxylic acid groups (broad SMARTS) is 1. The first kappa shape index (κ1) is 20.5. The zero-order chi connectivity index (χ0) is 20.3. The number of rotatable bonds is 4. The van der Waals surface area contributed by atoms with E-state index in [-0.39, 0.29) is 30.1 Å². The van der Waals surface area contributed by atoms with Crippen LogP contribution in [0.5, 0.6) is 5.75 Å². The minimum absolute atomic E-state index is 0. The standard InChI is InChI=1S/C22H22N2O5.ClH/c1-28-21-12(18-9-14-16(23)3-2-4-17(14)29-18)7-8-13-19(21)24(11-5-6-11)10-15(20(13)25)22(26)27;/h7-11,16H,2-6,23H2,1H3,(H,26,27);1H. The van der Waals surface area contributed by atoms with Crippen LogP contribution in [0.15, 0.2) is 33.6 Å². The summed E-state index contributed by atoms with van der Waals surface area (Å²) in [6, 6.07) is 5.53. The molecule has 2 heterocycles. The Bertz CT molecular complexity index is 1210. The molecule has 2 aromatic heterocycles. The molecule has 1 unspecified atom stereocenters. The van der Waals surface area contributed by atoms with Crippen LogP contribution in [0, 0.1) is 0 Å². The number of ether oxygens (including phenoxy) is 1. The highest BCUT2D eigenvalue weighted by Crippen LogP contribution is 2.44. The van der Waals surface area contributed by atoms with Crippen LogP contribution in [0.3, 0.4) is 0 Å². The van der Waals surface area contributed by atoms with Gasteiger partial charge in [0.15, 0.2) is 5.75 Å². The lowest BCUT2D eigenvalue weighted by Gasteiger charge is -2.16. The molecule has 0 radical (unpaired) electrons. The van der Waals surface area contributed by atoms with E-state index in [4.69, 9.17) is 14.9 Å². The summed E-state index contributed by atoms with van der Waals surface area (Å²) < 4.78 is 13.7. The van der Waals surface area contributed by atoms with Gasteiger partial charge in [-0.05, 0) is 43.9 Å². The second-order valence-corrected chi connectivity index (χ2v) is 7.85. The Morgan fingerprint density at radius 3 is 2.70 bits per heavy atom. The molecule has 1 aromatic carbocycles. The number of benzene rings is 1. The molecule has 1 fully saturated rings. The van der Waals surface area contributed by atoms with Gasteiger partial charge in [0.2, 0.25) is 5.43 Å². The number of nitrogens with zero attached hydrogens (tertiary/aromatic N) is 1. The molecule has 0 bridgehead atoms. The monoisotopic (exact) mass is 430 g/mol. The molecule has 0 aliphatic heterocycles. The average Bonchev–Trinajstić information content (AvgIpc) is 3.45. The molecule has 0 amide bonds. The molecule has 30 heavy (non-hydrogen) atoms. The predicted octanol–water partition coefficient (Wildman–Crippen LogP) is 4.06. The van der Waals surface area contributed by atoms with Crippen molar-refractivity contribution < 1.29 is 19.1 Å². The zero-order valence-electron chi connectivity index (χ0n) is 16.5. The van der Waals surface area contributed by atoms with Gasteiger partial charge in [0, 0.05) is 30.3 Å². The lowest BCUT2D eigenvalue weighted by molar-refractivity contribution is 0.0695. The molecule has 3 aromatic rings. The molecule has 158 valence electrons. The predicted molar refractivity (Wildman–Crippen MR) is 115 cm³/mol. The highest BCUT2D eigenvalue weighted by Gasteiger charge is 2.30. The topological polar surface area (TPSA) is 108 Å². The van der Waals surface area contributed by atoms with Crippen LogP contribution in [-0.2, 0) is 6.42 Å². The highest BCUT2D eigenvalue weighted by molar-refractivity contribution is 5.97. The van der Waals surface area contributed by atoms with E-state index in [0.29, 0.717) is 22.4 Å². The minimum atomic E-state index is -1.22. The first-order valence-electron chi connectivity index (χ1n) is 9.87. The van der Waals surface area contributed by atoms with Gasteiger partial charge in [-0.2, -0.15) is 0 Å². The molecular formula is C22H23ClN2O5. The summed E-state index contributed by atoms with van der Waals surface area (Å²) in [5.41, 5.74) is 7.88. The van der Waals surface area contributed by atoms with Gasteiger partial charge in [-0.1, -0.05) is 0 Å². The van der Waals surface area contributed by atoms with Crippen LogP contribution in [-0.4, -0.2) is 22.8 Å². The SMILES string of the molecule is COc1c(-c2cc3c(o2)CCCC3N)ccc2c(=O)c(C(=O)O)cn(C3CC3)c12.Cl. The third-order valence-electron chi connectivity index (χ3n) is 5.95. The van der Waals surface area contributed by atoms with Crippen LogP contribution < -0.4 is 15.9 Å². The number of aromatic carboxylic acids is 1. The molecule has 0 spiro atoms. The van der Waals surface area contributed by atoms with Crippen molar-refractivity contribution in [1.29, 1.82) is 0 Å². The second kappa shape index (κ2) is 7.49. The van der Waals surface area contributed by atoms with E-state index in [2.05, 4.69) is 0 Å². The number of pyridine rings is 1. The molecule has 2 aliphatic rings. The Kier molecular flexibility index (Phi) is 5.11. The van der Waals surface area contributed by atoms with Gasteiger partial charge in [0.1, 0.15) is 17.1 Å². The van der Waals surface area contributed by atoms with Crippen LogP contribution in [0.25, 0.3) is 22.2 Å². The number of fused-ring (bicyclic) bond motifs is 2. The summed E-state index contributed by atoms with van der Waals surface area (Å²) in [6.45, 7) is 0. The van der Waals surface area contributed by atoms with Gasteiger partial charge in [0.25, 0.3) is 0 Å². The van der Waals surface area contributed by atoms with Gasteiger partial charge in [0.05, 0.1) is 23.6 Å². The van der Waals surface area contributed by atoms with E-state index in [9.17, 15) is 14.7 Å². The second-order valence-electron chi connectivity index (χ2n) is 7.85. The molecule has 0 saturated heterocycles. The Morgan fingerprint density at radius 2 is 2.07 bits per heavy atom. The maximum absolute atomic E-state index is 12.8. The number of methoxy groups -OCH3 is 1. The van der Waals surface area contributed by atoms with Gasteiger partial charge in [-0.25, -0.2) is 4.79 Å². The first-order chi connectivity index (χ1) is 14.0. The zero-order valence-corrected chi connectivity index (χ0v) is 17.3. The van der Waals surface area contributed by atoms with Crippen LogP contribution in [0.4, 0.5) is 0 Å². The van der Waals surface area contributed by atoms with Crippen molar-refractivity contribution in [3.05, 3.63) is 51.5 Å². The fraction of sp³-hybridized carbons (Fsp3) is 0.364. The Labute approximate surface area is 178 Å². The highest BCUT2D eigenvalue weighted by atomic mass is 35.5. The van der Waals surface area contributed by atoms with Crippen molar-refractivity contribution in [2.45, 2.75) is 44.2 Å². The number of hydrogen-bond donors (Lipinski definition) is 2. The van der Waals surface area contributed by atoms with Gasteiger partial charge < -0.3 is 24.6 Å². The molecule has 8 heteroatoms. The summed E-state index contributed by atoms with van der Waals surface area (Å²) in [4.78, 5) is 24.4. The number of aryl methyl sites for hydroxylation is 1. The van der Waals surface area contributed by atoms with Gasteiger partial charge in [-0.15, -0.1) is 12.4 Å². The summed E-state index contributed by atoms with van der Waals surface area (Å²) >= 11 is 0. The number of hydrogen-bond acceptors (Lipinski definition) is 5. The van der Waals surface area contributed by atoms with Crippen LogP contribution in [0.1, 0.15) is 59.4 Å². The largest absolute Gasteiger partial charge is 0.494 e. The molecule has 1 atom stereocenters. The van der Waals surface area contributed by atoms with Gasteiger partial charge >= 0.3 is 5.97 Å². The summed E-state index contributed by atoms with van der Waals surface area (Å²) in [5.74, 6) is 0.857. The Balaban J connectivity index is 0.00000218. The number of furan rings is 1. The minimum Gasteiger partial charge on any atom is -0.494 e. The maximum atomic E-state index is 12.8. The quantitative estimate of drug-likeness (QED) is 0.646. The van der Waals surface area contributed by atoms with Gasteiger partial charge in [-0.3, -0.25) is 4.79 Å². The molecule has 5 rings (SSSR count). The number of nitrogens with two attached hydrogens (primary N) is 1. The Morgan fingerprint density at radius 1 is 1.30 bits per heavy atom. The van der Waals surface area contributed by atoms with E-state index in [1.54, 1.807) is 19.2 Å². The maximum Gasteiger partial charge on any atom is 0.341 e. The molecular weight excluding hydrogens is 408 g/mol. The van der Waals surface area contributed by atoms with Crippen LogP contribution >= 0.6 is 12.4 Å². The summed E-state index contributed by atoms with van der Waals surface area (Å²) in [6.07, 6.45) is 6.10. The van der Waals surface area contributed by atoms with Crippen molar-refractivity contribution in [3.8, 4) is 17.1 Å². The van der Waals surface area contributed by atoms with Crippen molar-refractivity contribution in [2.75, 3.05) is 7.11 Å². The van der Waals surface area contributed by atoms with Crippen molar-refractivity contribution >= 4 is 29.3 Å². The van der Waals surface area contributed by atoms with Crippen molar-refractivity contribution in [2.24, 2.45) is 5.73 Å². The number of carbonyl (C=O) groups is 1. The number of halogens is 1. The molecule has 3 N–H and O–H groups in total. The third-order valence-corrected chi connectivity index (χ3v) is 5.95. The molecule has 7 nitrogen and oxygen atoms in total. The average molecular weight is 431 g/mol. The van der Waals surface area contributed by atoms with E-state index in [0.717, 1.165) is 49.0 Å². The molecule has 2 aliphatic carbocycles. The van der Waals surface area contributed by atoms with E-state index in [1.807, 2.05) is 10.6 Å². The fourth-order valence-electron chi connectivity index (χ4n) is 4.33. The summed E-state index contributed by atoms with van der Waals surface area (Å²) in [5, 5.41) is 9.80. The van der Waals surface area contributed by atoms with Crippen molar-refractivity contribution in [3.63, 3.8) is 0 Å². The van der Waals surface area contributed by atoms with Crippen molar-refractivity contribution in [1.82, 2.24) is 4.57 Å². The number of carboxylic acids is 1. The molecule has 1 saturated carbocycles. The van der Waals surface area contributed by atoms with E-state index < -0.39 is 11.4 Å². The lowest BCUT2D eigenvalue weighted by atomic mass is 9.94. The lowest BCUT2D eigenvalue weighted by Crippen LogP contribution is -2.19. The first-order valence-corrected chi connectivity index (χ1v) is 9.87.